The van der Waals surface area contributed by atoms with Gasteiger partial charge < -0.3 is 9.79 Å². The van der Waals surface area contributed by atoms with E-state index in [4.69, 9.17) is 24.5 Å². The molecule has 1 heterocycles. The van der Waals surface area contributed by atoms with Gasteiger partial charge in [-0.3, -0.25) is 9.46 Å². The number of hydrogen-bond acceptors (Lipinski definition) is 5. The van der Waals surface area contributed by atoms with Gasteiger partial charge in [-0.2, -0.15) is 14.7 Å². The van der Waals surface area contributed by atoms with Gasteiger partial charge in [-0.15, -0.1) is 0 Å². The van der Waals surface area contributed by atoms with Crippen molar-refractivity contribution >= 4 is 15.5 Å². The molecule has 0 aromatic heterocycles. The zero-order chi connectivity index (χ0) is 12.6. The Morgan fingerprint density at radius 2 is 1.69 bits per heavy atom. The van der Waals surface area contributed by atoms with E-state index in [0.29, 0.717) is 19.0 Å². The lowest BCUT2D eigenvalue weighted by Gasteiger charge is -2.34. The topological polar surface area (TPSA) is 121 Å². The van der Waals surface area contributed by atoms with Gasteiger partial charge >= 0.3 is 21.1 Å². The number of nitrogens with zero attached hydrogens (tertiary/aromatic N) is 1. The van der Waals surface area contributed by atoms with Crippen LogP contribution in [0.1, 0.15) is 19.8 Å². The molecule has 1 atom stereocenters. The second kappa shape index (κ2) is 4.96. The van der Waals surface area contributed by atoms with Gasteiger partial charge in [0.25, 0.3) is 0 Å². The fourth-order valence-corrected chi connectivity index (χ4v) is 4.83. The third kappa shape index (κ3) is 3.72. The third-order valence-corrected chi connectivity index (χ3v) is 6.46. The average molecular weight is 274 g/mol. The Labute approximate surface area is 94.5 Å². The second-order valence-electron chi connectivity index (χ2n) is 4.27. The van der Waals surface area contributed by atoms with E-state index in [1.54, 1.807) is 0 Å². The van der Waals surface area contributed by atoms with Crippen molar-refractivity contribution in [3.05, 3.63) is 0 Å². The molecule has 0 radical (unpaired) electrons. The smallest absolute Gasteiger partial charge is 0.320 e. The molecule has 1 saturated heterocycles. The van der Waals surface area contributed by atoms with Gasteiger partial charge in [0.15, 0.2) is 0 Å². The van der Waals surface area contributed by atoms with Gasteiger partial charge in [0, 0.05) is 13.1 Å². The molecule has 1 rings (SSSR count). The molecule has 0 spiro atoms. The van der Waals surface area contributed by atoms with Crippen molar-refractivity contribution in [3.63, 3.8) is 0 Å². The highest BCUT2D eigenvalue weighted by Crippen LogP contribution is 2.66. The van der Waals surface area contributed by atoms with Gasteiger partial charge in [0.1, 0.15) is 0 Å². The third-order valence-electron chi connectivity index (χ3n) is 2.76. The Hall–Kier alpha value is 0.420. The van der Waals surface area contributed by atoms with Gasteiger partial charge in [-0.1, -0.05) is 6.92 Å². The maximum absolute atomic E-state index is 11.2. The summed E-state index contributed by atoms with van der Waals surface area (Å²) in [6.45, 7) is 2.71. The SMILES string of the molecule is CC1CCN(C(P(=O)(O)O)[P+](O)(O)O)CC1. The molecule has 7 nitrogen and oxygen atoms in total. The highest BCUT2D eigenvalue weighted by molar-refractivity contribution is 7.74. The number of hydrogen-bond donors (Lipinski definition) is 5. The normalized spacial score (nSPS) is 23.4. The van der Waals surface area contributed by atoms with E-state index in [1.807, 2.05) is 6.92 Å². The predicted octanol–water partition coefficient (Wildman–Crippen LogP) is -0.0809. The molecule has 9 heteroatoms. The van der Waals surface area contributed by atoms with Crippen LogP contribution in [0.2, 0.25) is 0 Å². The molecule has 0 bridgehead atoms. The van der Waals surface area contributed by atoms with Gasteiger partial charge in [-0.25, -0.2) is 0 Å². The molecule has 96 valence electrons. The van der Waals surface area contributed by atoms with E-state index >= 15 is 0 Å². The van der Waals surface area contributed by atoms with Crippen molar-refractivity contribution in [1.82, 2.24) is 4.90 Å². The summed E-state index contributed by atoms with van der Waals surface area (Å²) in [6.07, 6.45) is 1.44. The van der Waals surface area contributed by atoms with E-state index in [9.17, 15) is 4.57 Å². The van der Waals surface area contributed by atoms with Crippen LogP contribution in [0.4, 0.5) is 0 Å². The number of rotatable bonds is 3. The van der Waals surface area contributed by atoms with E-state index in [0.717, 1.165) is 12.8 Å². The number of piperidine rings is 1. The minimum absolute atomic E-state index is 0.348. The molecule has 1 aliphatic rings. The zero-order valence-corrected chi connectivity index (χ0v) is 10.8. The van der Waals surface area contributed by atoms with Crippen LogP contribution in [0.3, 0.4) is 0 Å². The molecule has 0 amide bonds. The quantitative estimate of drug-likeness (QED) is 0.456. The lowest BCUT2D eigenvalue weighted by Crippen LogP contribution is -2.42. The summed E-state index contributed by atoms with van der Waals surface area (Å²) in [6, 6.07) is 0. The van der Waals surface area contributed by atoms with Crippen LogP contribution in [0.15, 0.2) is 0 Å². The zero-order valence-electron chi connectivity index (χ0n) is 8.97. The van der Waals surface area contributed by atoms with Crippen LogP contribution in [0.5, 0.6) is 0 Å². The second-order valence-corrected chi connectivity index (χ2v) is 8.06. The number of likely N-dealkylation sites (tertiary alicyclic amines) is 1. The Kier molecular flexibility index (Phi) is 4.49. The Bertz CT molecular complexity index is 279. The molecule has 0 saturated carbocycles. The van der Waals surface area contributed by atoms with E-state index < -0.39 is 21.1 Å². The summed E-state index contributed by atoms with van der Waals surface area (Å²) in [7, 11) is -9.33. The first-order valence-electron chi connectivity index (χ1n) is 4.98. The van der Waals surface area contributed by atoms with Crippen molar-refractivity contribution < 1.29 is 29.0 Å². The molecule has 16 heavy (non-hydrogen) atoms. The summed E-state index contributed by atoms with van der Waals surface area (Å²) in [5.74, 6) is 0.442. The highest BCUT2D eigenvalue weighted by Gasteiger charge is 2.58. The molecule has 0 aromatic rings. The summed E-state index contributed by atoms with van der Waals surface area (Å²) < 4.78 is 11.2. The fraction of sp³-hybridized carbons (Fsp3) is 1.00. The summed E-state index contributed by atoms with van der Waals surface area (Å²) in [4.78, 5) is 46.7. The molecule has 1 aliphatic heterocycles. The van der Waals surface area contributed by atoms with Crippen molar-refractivity contribution in [2.45, 2.75) is 25.3 Å². The van der Waals surface area contributed by atoms with Crippen LogP contribution in [-0.2, 0) is 4.57 Å². The lowest BCUT2D eigenvalue weighted by molar-refractivity contribution is 0.162. The maximum atomic E-state index is 11.2. The Morgan fingerprint density at radius 3 is 2.00 bits per heavy atom. The summed E-state index contributed by atoms with van der Waals surface area (Å²) in [5, 5.41) is 0. The highest BCUT2D eigenvalue weighted by atomic mass is 31.3. The molecule has 0 aromatic carbocycles. The summed E-state index contributed by atoms with van der Waals surface area (Å²) >= 11 is 0. The van der Waals surface area contributed by atoms with Gasteiger partial charge in [0.2, 0.25) is 0 Å². The maximum Gasteiger partial charge on any atom is 0.435 e. The Balaban J connectivity index is 2.83. The molecular weight excluding hydrogens is 256 g/mol. The van der Waals surface area contributed by atoms with E-state index in [1.165, 1.54) is 4.90 Å². The fourth-order valence-electron chi connectivity index (χ4n) is 1.89. The van der Waals surface area contributed by atoms with E-state index in [2.05, 4.69) is 0 Å². The molecule has 1 unspecified atom stereocenters. The largest absolute Gasteiger partial charge is 0.435 e. The molecule has 1 fully saturated rings. The van der Waals surface area contributed by atoms with Crippen molar-refractivity contribution in [1.29, 1.82) is 0 Å². The first kappa shape index (κ1) is 14.5. The first-order valence-corrected chi connectivity index (χ1v) is 8.38. The Morgan fingerprint density at radius 1 is 1.25 bits per heavy atom. The van der Waals surface area contributed by atoms with Crippen molar-refractivity contribution in [2.75, 3.05) is 13.1 Å². The van der Waals surface area contributed by atoms with Crippen molar-refractivity contribution in [3.8, 4) is 0 Å². The lowest BCUT2D eigenvalue weighted by atomic mass is 10.00. The van der Waals surface area contributed by atoms with Crippen LogP contribution in [-0.4, -0.2) is 48.0 Å². The standard InChI is InChI=1S/C7H17NO6P2/c1-6-2-4-8(5-3-6)7(15(9,10)11)16(12,13)14/h6-7,9-11H,2-5H2,1H3,(H-,12,13,14)/p+1. The van der Waals surface area contributed by atoms with Crippen LogP contribution in [0.25, 0.3) is 0 Å². The van der Waals surface area contributed by atoms with Crippen molar-refractivity contribution in [2.24, 2.45) is 5.92 Å². The molecule has 0 aliphatic carbocycles. The monoisotopic (exact) mass is 274 g/mol. The van der Waals surface area contributed by atoms with Crippen LogP contribution in [0, 0.1) is 5.92 Å². The van der Waals surface area contributed by atoms with Gasteiger partial charge in [-0.05, 0) is 18.8 Å². The minimum Gasteiger partial charge on any atom is -0.320 e. The average Bonchev–Trinajstić information content (AvgIpc) is 2.03. The van der Waals surface area contributed by atoms with E-state index in [-0.39, 0.29) is 0 Å². The summed E-state index contributed by atoms with van der Waals surface area (Å²) in [5.41, 5.74) is -1.87. The predicted molar refractivity (Wildman–Crippen MR) is 59.4 cm³/mol. The molecule has 5 N–H and O–H groups in total. The minimum atomic E-state index is -4.76. The van der Waals surface area contributed by atoms with Gasteiger partial charge in [0.05, 0.1) is 0 Å². The van der Waals surface area contributed by atoms with Crippen LogP contribution >= 0.6 is 15.5 Å². The first-order chi connectivity index (χ1) is 7.12. The van der Waals surface area contributed by atoms with Crippen LogP contribution < -0.4 is 0 Å². The molecular formula is C7H18NO6P2+.